The summed E-state index contributed by atoms with van der Waals surface area (Å²) in [6, 6.07) is 0. The Bertz CT molecular complexity index is 756. The van der Waals surface area contributed by atoms with Gasteiger partial charge in [-0.05, 0) is 6.92 Å². The van der Waals surface area contributed by atoms with Crippen LogP contribution in [0.15, 0.2) is 11.0 Å². The molecule has 0 spiro atoms. The van der Waals surface area contributed by atoms with Crippen LogP contribution in [0.4, 0.5) is 4.39 Å². The highest BCUT2D eigenvalue weighted by Crippen LogP contribution is 2.41. The van der Waals surface area contributed by atoms with Crippen LogP contribution in [-0.4, -0.2) is 66.0 Å². The van der Waals surface area contributed by atoms with Crippen molar-refractivity contribution in [3.05, 3.63) is 28.1 Å². The molecular weight excluding hydrogens is 299 g/mol. The number of aromatic nitrogens is 4. The second-order valence-corrected chi connectivity index (χ2v) is 5.27. The van der Waals surface area contributed by atoms with E-state index >= 15 is 0 Å². The Morgan fingerprint density at radius 3 is 2.77 bits per heavy atom. The Hall–Kier alpha value is -1.88. The zero-order valence-electron chi connectivity index (χ0n) is 11.6. The summed E-state index contributed by atoms with van der Waals surface area (Å²) in [5, 5.41) is 32.6. The maximum atomic E-state index is 14.4. The van der Waals surface area contributed by atoms with E-state index in [4.69, 9.17) is 4.74 Å². The summed E-state index contributed by atoms with van der Waals surface area (Å²) in [7, 11) is 0. The van der Waals surface area contributed by atoms with Gasteiger partial charge in [0.2, 0.25) is 5.65 Å². The summed E-state index contributed by atoms with van der Waals surface area (Å²) in [5.41, 5.74) is -2.25. The molecule has 0 aliphatic carbocycles. The van der Waals surface area contributed by atoms with Crippen molar-refractivity contribution in [1.29, 1.82) is 0 Å². The average molecular weight is 314 g/mol. The summed E-state index contributed by atoms with van der Waals surface area (Å²) in [5.74, 6) is 0.293. The maximum Gasteiger partial charge on any atom is 0.294 e. The third kappa shape index (κ3) is 1.96. The van der Waals surface area contributed by atoms with Crippen LogP contribution < -0.4 is 5.56 Å². The van der Waals surface area contributed by atoms with E-state index in [0.717, 1.165) is 4.52 Å². The number of aliphatic hydroxyl groups is 3. The quantitative estimate of drug-likeness (QED) is 0.526. The predicted octanol–water partition coefficient (Wildman–Crippen LogP) is -1.78. The number of imidazole rings is 1. The molecule has 3 atom stereocenters. The number of H-pyrrole nitrogens is 1. The number of nitrogens with zero attached hydrogens (tertiary/aromatic N) is 3. The van der Waals surface area contributed by atoms with E-state index < -0.39 is 42.8 Å². The number of aromatic amines is 1. The molecule has 0 saturated carbocycles. The van der Waals surface area contributed by atoms with E-state index in [-0.39, 0.29) is 11.3 Å². The van der Waals surface area contributed by atoms with E-state index in [0.29, 0.717) is 5.82 Å². The molecule has 3 rings (SSSR count). The first kappa shape index (κ1) is 15.0. The van der Waals surface area contributed by atoms with Crippen molar-refractivity contribution in [2.24, 2.45) is 0 Å². The number of fused-ring (bicyclic) bond motifs is 1. The average Bonchev–Trinajstić information content (AvgIpc) is 3.01. The molecule has 0 unspecified atom stereocenters. The van der Waals surface area contributed by atoms with Crippen molar-refractivity contribution < 1.29 is 24.4 Å². The van der Waals surface area contributed by atoms with Crippen LogP contribution in [0.25, 0.3) is 5.65 Å². The molecule has 120 valence electrons. The van der Waals surface area contributed by atoms with Crippen LogP contribution in [0.2, 0.25) is 0 Å². The summed E-state index contributed by atoms with van der Waals surface area (Å²) < 4.78 is 20.9. The third-order valence-corrected chi connectivity index (χ3v) is 3.83. The van der Waals surface area contributed by atoms with E-state index in [1.807, 2.05) is 0 Å². The predicted molar refractivity (Wildman–Crippen MR) is 70.0 cm³/mol. The van der Waals surface area contributed by atoms with Crippen molar-refractivity contribution in [2.45, 2.75) is 30.9 Å². The molecule has 0 radical (unpaired) electrons. The first-order valence-corrected chi connectivity index (χ1v) is 6.60. The number of nitrogens with one attached hydrogen (secondary N) is 1. The van der Waals surface area contributed by atoms with Gasteiger partial charge in [0.1, 0.15) is 23.6 Å². The van der Waals surface area contributed by atoms with Crippen LogP contribution in [-0.2, 0) is 4.74 Å². The Kier molecular flexibility index (Phi) is 3.48. The molecule has 0 bridgehead atoms. The zero-order valence-corrected chi connectivity index (χ0v) is 11.6. The number of hydrogen-bond donors (Lipinski definition) is 4. The van der Waals surface area contributed by atoms with Crippen LogP contribution >= 0.6 is 0 Å². The largest absolute Gasteiger partial charge is 0.393 e. The molecular formula is C12H15FN4O5. The summed E-state index contributed by atoms with van der Waals surface area (Å²) in [4.78, 5) is 18.1. The maximum absolute atomic E-state index is 14.4. The highest BCUT2D eigenvalue weighted by atomic mass is 19.1. The van der Waals surface area contributed by atoms with Crippen molar-refractivity contribution in [3.63, 3.8) is 0 Å². The molecule has 9 nitrogen and oxygen atoms in total. The molecule has 3 heterocycles. The second kappa shape index (κ2) is 5.09. The lowest BCUT2D eigenvalue weighted by Gasteiger charge is -2.27. The normalized spacial score (nSPS) is 27.6. The fraction of sp³-hybridized carbons (Fsp3) is 0.583. The van der Waals surface area contributed by atoms with Crippen molar-refractivity contribution >= 4 is 5.65 Å². The molecule has 22 heavy (non-hydrogen) atoms. The number of ether oxygens (including phenoxy) is 1. The molecule has 10 heteroatoms. The molecule has 0 amide bonds. The highest BCUT2D eigenvalue weighted by Gasteiger charge is 2.56. The monoisotopic (exact) mass is 314 g/mol. The molecule has 4 N–H and O–H groups in total. The number of halogens is 1. The van der Waals surface area contributed by atoms with Crippen LogP contribution in [0.5, 0.6) is 0 Å². The zero-order chi connectivity index (χ0) is 16.1. The summed E-state index contributed by atoms with van der Waals surface area (Å²) in [6.45, 7) is 0.0321. The first-order valence-electron chi connectivity index (χ1n) is 6.60. The van der Waals surface area contributed by atoms with Crippen LogP contribution in [0.3, 0.4) is 0 Å². The number of rotatable bonds is 3. The minimum Gasteiger partial charge on any atom is -0.393 e. The van der Waals surface area contributed by atoms with Gasteiger partial charge in [-0.2, -0.15) is 5.10 Å². The van der Waals surface area contributed by atoms with Gasteiger partial charge >= 0.3 is 0 Å². The molecule has 2 aromatic heterocycles. The van der Waals surface area contributed by atoms with Crippen molar-refractivity contribution in [3.8, 4) is 0 Å². The van der Waals surface area contributed by atoms with Gasteiger partial charge in [0.15, 0.2) is 6.17 Å². The number of aryl methyl sites for hydroxylation is 1. The Labute approximate surface area is 123 Å². The summed E-state index contributed by atoms with van der Waals surface area (Å²) >= 11 is 0. The van der Waals surface area contributed by atoms with Crippen molar-refractivity contribution in [1.82, 2.24) is 19.6 Å². The standard InChI is InChI=1S/C12H15FN4O5/c1-5-15-11(21)10-14-2-6(17(10)16-5)8-7(13)9(20)12(3-18,4-19)22-8/h2,7-9,18-20H,3-4H2,1H3,(H,15,16,21)/t7-,8-,9-/m0/s1. The third-order valence-electron chi connectivity index (χ3n) is 3.83. The number of aliphatic hydroxyl groups excluding tert-OH is 3. The molecule has 0 aromatic carbocycles. The van der Waals surface area contributed by atoms with Gasteiger partial charge in [0.05, 0.1) is 25.1 Å². The Balaban J connectivity index is 2.11. The molecule has 1 saturated heterocycles. The lowest BCUT2D eigenvalue weighted by Crippen LogP contribution is -2.48. The van der Waals surface area contributed by atoms with Gasteiger partial charge in [-0.15, -0.1) is 0 Å². The number of alkyl halides is 1. The molecule has 2 aromatic rings. The van der Waals surface area contributed by atoms with Gasteiger partial charge in [-0.1, -0.05) is 0 Å². The van der Waals surface area contributed by atoms with E-state index in [2.05, 4.69) is 15.1 Å². The van der Waals surface area contributed by atoms with Crippen LogP contribution in [0.1, 0.15) is 17.6 Å². The van der Waals surface area contributed by atoms with Gasteiger partial charge < -0.3 is 25.0 Å². The van der Waals surface area contributed by atoms with E-state index in [1.54, 1.807) is 6.92 Å². The number of hydrogen-bond acceptors (Lipinski definition) is 7. The Morgan fingerprint density at radius 2 is 2.18 bits per heavy atom. The minimum absolute atomic E-state index is 0.0450. The second-order valence-electron chi connectivity index (χ2n) is 5.27. The molecule has 1 aliphatic heterocycles. The lowest BCUT2D eigenvalue weighted by molar-refractivity contribution is -0.137. The Morgan fingerprint density at radius 1 is 1.50 bits per heavy atom. The molecule has 1 fully saturated rings. The lowest BCUT2D eigenvalue weighted by atomic mass is 9.96. The highest BCUT2D eigenvalue weighted by molar-refractivity contribution is 5.37. The summed E-state index contributed by atoms with van der Waals surface area (Å²) in [6.07, 6.45) is -3.74. The van der Waals surface area contributed by atoms with E-state index in [9.17, 15) is 24.5 Å². The van der Waals surface area contributed by atoms with Crippen molar-refractivity contribution in [2.75, 3.05) is 13.2 Å². The van der Waals surface area contributed by atoms with Crippen LogP contribution in [0, 0.1) is 6.92 Å². The topological polar surface area (TPSA) is 133 Å². The smallest absolute Gasteiger partial charge is 0.294 e. The van der Waals surface area contributed by atoms with Gasteiger partial charge in [0, 0.05) is 0 Å². The van der Waals surface area contributed by atoms with E-state index in [1.165, 1.54) is 6.20 Å². The van der Waals surface area contributed by atoms with Gasteiger partial charge in [-0.3, -0.25) is 4.79 Å². The fourth-order valence-electron chi connectivity index (χ4n) is 2.59. The molecule has 1 aliphatic rings. The SMILES string of the molecule is Cc1nn2c([C@@H]3OC(CO)(CO)[C@@H](O)[C@H]3F)cnc2c(=O)[nH]1. The van der Waals surface area contributed by atoms with Gasteiger partial charge in [0.25, 0.3) is 5.56 Å². The fourth-order valence-corrected chi connectivity index (χ4v) is 2.59. The van der Waals surface area contributed by atoms with Gasteiger partial charge in [-0.25, -0.2) is 13.9 Å². The minimum atomic E-state index is -1.92. The first-order chi connectivity index (χ1) is 10.4.